The van der Waals surface area contributed by atoms with E-state index in [4.69, 9.17) is 5.11 Å². The number of benzene rings is 1. The Bertz CT molecular complexity index is 554. The molecule has 0 radical (unpaired) electrons. The minimum atomic E-state index is -1.19. The third-order valence-corrected chi connectivity index (χ3v) is 3.63. The van der Waals surface area contributed by atoms with Crippen LogP contribution in [0.5, 0.6) is 0 Å². The molecule has 2 unspecified atom stereocenters. The summed E-state index contributed by atoms with van der Waals surface area (Å²) in [5.41, 5.74) is -0.374. The molecule has 21 heavy (non-hydrogen) atoms. The molecule has 0 aliphatic heterocycles. The quantitative estimate of drug-likeness (QED) is 0.701. The van der Waals surface area contributed by atoms with Gasteiger partial charge in [-0.05, 0) is 27.9 Å². The molecule has 0 bridgehead atoms. The van der Waals surface area contributed by atoms with Crippen molar-refractivity contribution in [3.63, 3.8) is 0 Å². The summed E-state index contributed by atoms with van der Waals surface area (Å²) in [7, 11) is 0. The molecular formula is C13H15BrF2N2O3. The van der Waals surface area contributed by atoms with Crippen molar-refractivity contribution >= 4 is 33.6 Å². The van der Waals surface area contributed by atoms with E-state index in [-0.39, 0.29) is 16.1 Å². The first-order valence-electron chi connectivity index (χ1n) is 6.21. The number of hydrogen-bond acceptors (Lipinski definition) is 2. The maximum absolute atomic E-state index is 13.6. The summed E-state index contributed by atoms with van der Waals surface area (Å²) < 4.78 is 26.8. The molecule has 0 aliphatic carbocycles. The molecule has 2 atom stereocenters. The number of hydrogen-bond donors (Lipinski definition) is 3. The van der Waals surface area contributed by atoms with E-state index in [9.17, 15) is 18.4 Å². The molecule has 0 saturated heterocycles. The number of anilines is 1. The lowest BCUT2D eigenvalue weighted by atomic mass is 9.99. The molecule has 1 aromatic rings. The molecule has 5 nitrogen and oxygen atoms in total. The lowest BCUT2D eigenvalue weighted by Crippen LogP contribution is -2.46. The van der Waals surface area contributed by atoms with E-state index in [0.717, 1.165) is 12.1 Å². The van der Waals surface area contributed by atoms with Crippen LogP contribution in [-0.4, -0.2) is 23.1 Å². The largest absolute Gasteiger partial charge is 0.480 e. The van der Waals surface area contributed by atoms with Gasteiger partial charge in [0.1, 0.15) is 17.7 Å². The first-order chi connectivity index (χ1) is 9.76. The first kappa shape index (κ1) is 17.4. The highest BCUT2D eigenvalue weighted by Gasteiger charge is 2.25. The van der Waals surface area contributed by atoms with E-state index >= 15 is 0 Å². The normalized spacial score (nSPS) is 13.4. The number of nitrogens with one attached hydrogen (secondary N) is 2. The van der Waals surface area contributed by atoms with E-state index in [1.807, 2.05) is 0 Å². The van der Waals surface area contributed by atoms with Crippen LogP contribution in [0.15, 0.2) is 16.6 Å². The fourth-order valence-corrected chi connectivity index (χ4v) is 1.92. The van der Waals surface area contributed by atoms with Crippen LogP contribution in [-0.2, 0) is 4.79 Å². The molecule has 1 aromatic carbocycles. The van der Waals surface area contributed by atoms with Crippen molar-refractivity contribution in [2.75, 3.05) is 5.32 Å². The first-order valence-corrected chi connectivity index (χ1v) is 7.00. The number of carboxylic acids is 1. The van der Waals surface area contributed by atoms with Crippen LogP contribution in [0.1, 0.15) is 20.3 Å². The number of aliphatic carboxylic acids is 1. The fraction of sp³-hybridized carbons (Fsp3) is 0.385. The summed E-state index contributed by atoms with van der Waals surface area (Å²) in [5, 5.41) is 13.4. The van der Waals surface area contributed by atoms with Crippen molar-refractivity contribution < 1.29 is 23.5 Å². The van der Waals surface area contributed by atoms with Gasteiger partial charge in [-0.15, -0.1) is 0 Å². The van der Waals surface area contributed by atoms with Crippen LogP contribution in [0.3, 0.4) is 0 Å². The Hall–Kier alpha value is -1.70. The van der Waals surface area contributed by atoms with Crippen molar-refractivity contribution in [3.05, 3.63) is 28.2 Å². The molecule has 2 amide bonds. The van der Waals surface area contributed by atoms with Crippen LogP contribution >= 0.6 is 15.9 Å². The zero-order valence-corrected chi connectivity index (χ0v) is 13.0. The van der Waals surface area contributed by atoms with Gasteiger partial charge in [0.2, 0.25) is 0 Å². The lowest BCUT2D eigenvalue weighted by molar-refractivity contribution is -0.140. The van der Waals surface area contributed by atoms with Crippen LogP contribution in [0.2, 0.25) is 0 Å². The van der Waals surface area contributed by atoms with Crippen molar-refractivity contribution in [2.24, 2.45) is 5.92 Å². The summed E-state index contributed by atoms with van der Waals surface area (Å²) in [6.45, 7) is 3.45. The highest BCUT2D eigenvalue weighted by Crippen LogP contribution is 2.23. The smallest absolute Gasteiger partial charge is 0.326 e. The summed E-state index contributed by atoms with van der Waals surface area (Å²) in [4.78, 5) is 22.8. The zero-order chi connectivity index (χ0) is 16.2. The van der Waals surface area contributed by atoms with E-state index in [0.29, 0.717) is 6.42 Å². The molecule has 0 heterocycles. The molecule has 0 saturated carbocycles. The maximum atomic E-state index is 13.6. The second-order valence-electron chi connectivity index (χ2n) is 4.55. The van der Waals surface area contributed by atoms with Gasteiger partial charge in [-0.25, -0.2) is 18.4 Å². The molecule has 3 N–H and O–H groups in total. The van der Waals surface area contributed by atoms with E-state index < -0.39 is 29.7 Å². The lowest BCUT2D eigenvalue weighted by Gasteiger charge is -2.20. The summed E-state index contributed by atoms with van der Waals surface area (Å²) in [5.74, 6) is -3.08. The minimum Gasteiger partial charge on any atom is -0.480 e. The molecule has 8 heteroatoms. The standard InChI is InChI=1S/C13H15BrF2N2O3/c1-3-6(2)11(12(19)20)18-13(21)17-10-5-8(15)7(14)4-9(10)16/h4-6,11H,3H2,1-2H3,(H,19,20)(H2,17,18,21). The average Bonchev–Trinajstić information content (AvgIpc) is 2.41. The van der Waals surface area contributed by atoms with Gasteiger partial charge >= 0.3 is 12.0 Å². The Morgan fingerprint density at radius 1 is 1.33 bits per heavy atom. The van der Waals surface area contributed by atoms with E-state index in [2.05, 4.69) is 26.6 Å². The van der Waals surface area contributed by atoms with Crippen molar-refractivity contribution in [1.29, 1.82) is 0 Å². The molecule has 0 fully saturated rings. The van der Waals surface area contributed by atoms with Gasteiger partial charge in [-0.2, -0.15) is 0 Å². The van der Waals surface area contributed by atoms with Gasteiger partial charge in [-0.3, -0.25) is 0 Å². The Morgan fingerprint density at radius 3 is 2.48 bits per heavy atom. The average molecular weight is 365 g/mol. The molecule has 116 valence electrons. The Kier molecular flexibility index (Phi) is 6.07. The van der Waals surface area contributed by atoms with E-state index in [1.54, 1.807) is 13.8 Å². The number of urea groups is 1. The summed E-state index contributed by atoms with van der Waals surface area (Å²) in [6, 6.07) is -0.353. The molecule has 1 rings (SSSR count). The number of carboxylic acid groups (broad SMARTS) is 1. The monoisotopic (exact) mass is 364 g/mol. The van der Waals surface area contributed by atoms with Gasteiger partial charge in [0.05, 0.1) is 10.2 Å². The highest BCUT2D eigenvalue weighted by atomic mass is 79.9. The molecule has 0 spiro atoms. The Morgan fingerprint density at radius 2 is 1.95 bits per heavy atom. The molecule has 0 aliphatic rings. The van der Waals surface area contributed by atoms with Gasteiger partial charge in [0.15, 0.2) is 0 Å². The van der Waals surface area contributed by atoms with Crippen LogP contribution in [0.4, 0.5) is 19.3 Å². The number of halogens is 3. The Balaban J connectivity index is 2.81. The third kappa shape index (κ3) is 4.66. The second-order valence-corrected chi connectivity index (χ2v) is 5.40. The van der Waals surface area contributed by atoms with E-state index in [1.165, 1.54) is 0 Å². The van der Waals surface area contributed by atoms with Gasteiger partial charge in [-0.1, -0.05) is 20.3 Å². The number of carbonyl (C=O) groups is 2. The number of rotatable bonds is 5. The van der Waals surface area contributed by atoms with Crippen LogP contribution < -0.4 is 10.6 Å². The third-order valence-electron chi connectivity index (χ3n) is 3.02. The van der Waals surface area contributed by atoms with Gasteiger partial charge in [0.25, 0.3) is 0 Å². The van der Waals surface area contributed by atoms with Crippen molar-refractivity contribution in [1.82, 2.24) is 5.32 Å². The highest BCUT2D eigenvalue weighted by molar-refractivity contribution is 9.10. The van der Waals surface area contributed by atoms with Crippen LogP contribution in [0.25, 0.3) is 0 Å². The number of amides is 2. The predicted octanol–water partition coefficient (Wildman–Crippen LogP) is 3.35. The molecular weight excluding hydrogens is 350 g/mol. The topological polar surface area (TPSA) is 78.4 Å². The number of carbonyl (C=O) groups excluding carboxylic acids is 1. The van der Waals surface area contributed by atoms with Gasteiger partial charge < -0.3 is 15.7 Å². The summed E-state index contributed by atoms with van der Waals surface area (Å²) >= 11 is 2.81. The van der Waals surface area contributed by atoms with Gasteiger partial charge in [0, 0.05) is 6.07 Å². The zero-order valence-electron chi connectivity index (χ0n) is 11.4. The SMILES string of the molecule is CCC(C)C(NC(=O)Nc1cc(F)c(Br)cc1F)C(=O)O. The summed E-state index contributed by atoms with van der Waals surface area (Å²) in [6.07, 6.45) is 0.540. The molecule has 0 aromatic heterocycles. The van der Waals surface area contributed by atoms with Crippen molar-refractivity contribution in [2.45, 2.75) is 26.3 Å². The fourth-order valence-electron chi connectivity index (χ4n) is 1.60. The van der Waals surface area contributed by atoms with Crippen LogP contribution in [0, 0.1) is 17.6 Å². The predicted molar refractivity (Wildman–Crippen MR) is 77.1 cm³/mol. The minimum absolute atomic E-state index is 0.0750. The van der Waals surface area contributed by atoms with Crippen molar-refractivity contribution in [3.8, 4) is 0 Å². The second kappa shape index (κ2) is 7.35. The Labute approximate surface area is 128 Å². The maximum Gasteiger partial charge on any atom is 0.326 e.